The topological polar surface area (TPSA) is 43.1 Å². The monoisotopic (exact) mass is 241 g/mol. The Labute approximate surface area is 86.3 Å². The number of hydrogen-bond acceptors (Lipinski definition) is 2. The fraction of sp³-hybridized carbons (Fsp3) is 0.300. The van der Waals surface area contributed by atoms with E-state index in [2.05, 4.69) is 15.9 Å². The molecular weight excluding hydrogens is 230 g/mol. The van der Waals surface area contributed by atoms with Crippen molar-refractivity contribution in [3.63, 3.8) is 0 Å². The molecule has 0 amide bonds. The minimum absolute atomic E-state index is 0.0365. The summed E-state index contributed by atoms with van der Waals surface area (Å²) in [7, 11) is 0. The molecule has 1 rings (SSSR count). The van der Waals surface area contributed by atoms with Gasteiger partial charge in [-0.1, -0.05) is 28.1 Å². The largest absolute Gasteiger partial charge is 0.316 e. The summed E-state index contributed by atoms with van der Waals surface area (Å²) in [6.07, 6.45) is 0. The molecule has 1 unspecified atom stereocenters. The van der Waals surface area contributed by atoms with Gasteiger partial charge in [0.1, 0.15) is 0 Å². The van der Waals surface area contributed by atoms with Crippen molar-refractivity contribution in [2.45, 2.75) is 19.4 Å². The van der Waals surface area contributed by atoms with Gasteiger partial charge >= 0.3 is 0 Å². The number of benzene rings is 1. The number of Topliss-reactive ketones (excluding diaryl/α,β-unsaturated/α-hetero) is 1. The third-order valence-corrected chi connectivity index (χ3v) is 2.65. The highest BCUT2D eigenvalue weighted by atomic mass is 79.9. The van der Waals surface area contributed by atoms with Gasteiger partial charge in [-0.25, -0.2) is 0 Å². The molecular formula is C10H12BrNO. The van der Waals surface area contributed by atoms with Crippen LogP contribution in [0.4, 0.5) is 0 Å². The van der Waals surface area contributed by atoms with Crippen molar-refractivity contribution in [1.29, 1.82) is 0 Å². The number of carbonyl (C=O) groups is 1. The third-order valence-electron chi connectivity index (χ3n) is 2.16. The summed E-state index contributed by atoms with van der Waals surface area (Å²) in [5.41, 5.74) is 5.82. The van der Waals surface area contributed by atoms with E-state index in [1.165, 1.54) is 6.92 Å². The molecule has 0 aliphatic carbocycles. The van der Waals surface area contributed by atoms with Crippen molar-refractivity contribution >= 4 is 21.7 Å². The summed E-state index contributed by atoms with van der Waals surface area (Å²) in [4.78, 5) is 11.2. The molecule has 0 aliphatic rings. The zero-order valence-electron chi connectivity index (χ0n) is 7.67. The van der Waals surface area contributed by atoms with Crippen molar-refractivity contribution in [3.8, 4) is 0 Å². The maximum Gasteiger partial charge on any atom is 0.153 e. The Morgan fingerprint density at radius 1 is 1.54 bits per heavy atom. The summed E-state index contributed by atoms with van der Waals surface area (Å²) >= 11 is 3.34. The average molecular weight is 242 g/mol. The van der Waals surface area contributed by atoms with E-state index in [1.807, 2.05) is 24.3 Å². The summed E-state index contributed by atoms with van der Waals surface area (Å²) in [5.74, 6) is -0.0365. The van der Waals surface area contributed by atoms with E-state index in [-0.39, 0.29) is 5.78 Å². The van der Waals surface area contributed by atoms with Crippen LogP contribution in [0.25, 0.3) is 0 Å². The van der Waals surface area contributed by atoms with Crippen LogP contribution < -0.4 is 5.73 Å². The van der Waals surface area contributed by atoms with Crippen LogP contribution in [0.1, 0.15) is 19.4 Å². The molecule has 3 heteroatoms. The molecule has 0 fully saturated rings. The Bertz CT molecular complexity index is 333. The van der Waals surface area contributed by atoms with Crippen LogP contribution in [0.5, 0.6) is 0 Å². The molecule has 2 N–H and O–H groups in total. The number of rotatable bonds is 2. The van der Waals surface area contributed by atoms with Gasteiger partial charge in [-0.05, 0) is 31.5 Å². The summed E-state index contributed by atoms with van der Waals surface area (Å²) in [6, 6.07) is 7.49. The number of carbonyl (C=O) groups excluding carboxylic acids is 1. The highest BCUT2D eigenvalue weighted by Crippen LogP contribution is 2.21. The zero-order chi connectivity index (χ0) is 10.1. The van der Waals surface area contributed by atoms with Gasteiger partial charge in [-0.15, -0.1) is 0 Å². The van der Waals surface area contributed by atoms with E-state index < -0.39 is 5.54 Å². The molecule has 1 aromatic rings. The first-order valence-corrected chi connectivity index (χ1v) is 4.80. The number of halogens is 1. The molecule has 0 saturated carbocycles. The first kappa shape index (κ1) is 10.4. The van der Waals surface area contributed by atoms with E-state index in [0.29, 0.717) is 0 Å². The maximum absolute atomic E-state index is 11.2. The van der Waals surface area contributed by atoms with E-state index in [9.17, 15) is 4.79 Å². The Morgan fingerprint density at radius 3 is 2.62 bits per heavy atom. The van der Waals surface area contributed by atoms with Gasteiger partial charge in [0.25, 0.3) is 0 Å². The van der Waals surface area contributed by atoms with Crippen LogP contribution in [-0.4, -0.2) is 5.78 Å². The standard InChI is InChI=1S/C10H12BrNO/c1-7(13)10(2,12)8-4-3-5-9(11)6-8/h3-6H,12H2,1-2H3. The van der Waals surface area contributed by atoms with Gasteiger partial charge in [0.15, 0.2) is 5.78 Å². The van der Waals surface area contributed by atoms with Gasteiger partial charge in [0.05, 0.1) is 5.54 Å². The molecule has 1 atom stereocenters. The lowest BCUT2D eigenvalue weighted by Gasteiger charge is -2.21. The van der Waals surface area contributed by atoms with Crippen LogP contribution in [-0.2, 0) is 10.3 Å². The van der Waals surface area contributed by atoms with Crippen LogP contribution >= 0.6 is 15.9 Å². The first-order valence-electron chi connectivity index (χ1n) is 4.00. The molecule has 0 saturated heterocycles. The molecule has 2 nitrogen and oxygen atoms in total. The Morgan fingerprint density at radius 2 is 2.15 bits per heavy atom. The molecule has 0 aliphatic heterocycles. The van der Waals surface area contributed by atoms with Crippen molar-refractivity contribution < 1.29 is 4.79 Å². The molecule has 0 spiro atoms. The van der Waals surface area contributed by atoms with Crippen LogP contribution in [0, 0.1) is 0 Å². The molecule has 13 heavy (non-hydrogen) atoms. The summed E-state index contributed by atoms with van der Waals surface area (Å²) < 4.78 is 0.933. The highest BCUT2D eigenvalue weighted by molar-refractivity contribution is 9.10. The second-order valence-electron chi connectivity index (χ2n) is 3.27. The number of ketones is 1. The predicted molar refractivity (Wildman–Crippen MR) is 56.4 cm³/mol. The second kappa shape index (κ2) is 3.60. The first-order chi connectivity index (χ1) is 5.94. The minimum Gasteiger partial charge on any atom is -0.316 e. The number of nitrogens with two attached hydrogens (primary N) is 1. The minimum atomic E-state index is -0.885. The Kier molecular flexibility index (Phi) is 2.88. The summed E-state index contributed by atoms with van der Waals surface area (Å²) in [5, 5.41) is 0. The van der Waals surface area contributed by atoms with Gasteiger partial charge in [-0.2, -0.15) is 0 Å². The van der Waals surface area contributed by atoms with Gasteiger partial charge in [-0.3, -0.25) is 4.79 Å². The predicted octanol–water partition coefficient (Wildman–Crippen LogP) is 2.21. The van der Waals surface area contributed by atoms with Gasteiger partial charge < -0.3 is 5.73 Å². The van der Waals surface area contributed by atoms with E-state index in [1.54, 1.807) is 6.92 Å². The lowest BCUT2D eigenvalue weighted by atomic mass is 9.90. The average Bonchev–Trinajstić information content (AvgIpc) is 2.04. The van der Waals surface area contributed by atoms with Crippen molar-refractivity contribution in [3.05, 3.63) is 34.3 Å². The Balaban J connectivity index is 3.14. The molecule has 0 heterocycles. The molecule has 0 bridgehead atoms. The number of hydrogen-bond donors (Lipinski definition) is 1. The molecule has 0 aromatic heterocycles. The SMILES string of the molecule is CC(=O)C(C)(N)c1cccc(Br)c1. The van der Waals surface area contributed by atoms with Crippen LogP contribution in [0.2, 0.25) is 0 Å². The molecule has 70 valence electrons. The van der Waals surface area contributed by atoms with Crippen LogP contribution in [0.3, 0.4) is 0 Å². The van der Waals surface area contributed by atoms with Crippen molar-refractivity contribution in [2.75, 3.05) is 0 Å². The van der Waals surface area contributed by atoms with E-state index in [4.69, 9.17) is 5.73 Å². The Hall–Kier alpha value is -0.670. The second-order valence-corrected chi connectivity index (χ2v) is 4.18. The van der Waals surface area contributed by atoms with Crippen LogP contribution in [0.15, 0.2) is 28.7 Å². The van der Waals surface area contributed by atoms with Crippen molar-refractivity contribution in [1.82, 2.24) is 0 Å². The third kappa shape index (κ3) is 2.17. The fourth-order valence-corrected chi connectivity index (χ4v) is 1.41. The maximum atomic E-state index is 11.2. The normalized spacial score (nSPS) is 15.1. The van der Waals surface area contributed by atoms with E-state index in [0.717, 1.165) is 10.0 Å². The smallest absolute Gasteiger partial charge is 0.153 e. The van der Waals surface area contributed by atoms with Gasteiger partial charge in [0, 0.05) is 4.47 Å². The molecule has 0 radical (unpaired) electrons. The summed E-state index contributed by atoms with van der Waals surface area (Å²) in [6.45, 7) is 3.22. The lowest BCUT2D eigenvalue weighted by Crippen LogP contribution is -2.40. The highest BCUT2D eigenvalue weighted by Gasteiger charge is 2.26. The zero-order valence-corrected chi connectivity index (χ0v) is 9.26. The quantitative estimate of drug-likeness (QED) is 0.863. The van der Waals surface area contributed by atoms with Gasteiger partial charge in [0.2, 0.25) is 0 Å². The lowest BCUT2D eigenvalue weighted by molar-refractivity contribution is -0.121. The fourth-order valence-electron chi connectivity index (χ4n) is 1.01. The molecule has 1 aromatic carbocycles. The van der Waals surface area contributed by atoms with Crippen molar-refractivity contribution in [2.24, 2.45) is 5.73 Å². The van der Waals surface area contributed by atoms with E-state index >= 15 is 0 Å².